The lowest BCUT2D eigenvalue weighted by Gasteiger charge is -2.10. The van der Waals surface area contributed by atoms with Crippen molar-refractivity contribution >= 4 is 22.5 Å². The Morgan fingerprint density at radius 2 is 1.90 bits per heavy atom. The Balaban J connectivity index is 2.06. The Bertz CT molecular complexity index is 763. The Morgan fingerprint density at radius 1 is 1.05 bits per heavy atom. The number of rotatable bonds is 4. The summed E-state index contributed by atoms with van der Waals surface area (Å²) in [5, 5.41) is 5.20. The molecule has 0 spiro atoms. The minimum absolute atomic E-state index is 0.767. The number of hydrogen-bond acceptors (Lipinski definition) is 2. The quantitative estimate of drug-likeness (QED) is 0.757. The van der Waals surface area contributed by atoms with Crippen molar-refractivity contribution in [2.75, 3.05) is 6.54 Å². The molecule has 2 aromatic carbocycles. The number of aromatic nitrogens is 1. The maximum absolute atomic E-state index is 6.49. The number of nitrogens with one attached hydrogen (secondary N) is 1. The van der Waals surface area contributed by atoms with Crippen molar-refractivity contribution in [3.8, 4) is 11.1 Å². The SMILES string of the molecule is CCNCc1ccc(-c2cccc3cccnc23)c(Cl)c1. The van der Waals surface area contributed by atoms with Gasteiger partial charge >= 0.3 is 0 Å². The third kappa shape index (κ3) is 2.92. The summed E-state index contributed by atoms with van der Waals surface area (Å²) in [6.07, 6.45) is 1.82. The topological polar surface area (TPSA) is 24.9 Å². The fourth-order valence-corrected chi connectivity index (χ4v) is 2.78. The highest BCUT2D eigenvalue weighted by Gasteiger charge is 2.09. The van der Waals surface area contributed by atoms with Gasteiger partial charge in [-0.2, -0.15) is 0 Å². The molecule has 106 valence electrons. The van der Waals surface area contributed by atoms with Crippen LogP contribution in [0.5, 0.6) is 0 Å². The molecule has 0 amide bonds. The molecule has 3 aromatic rings. The summed E-state index contributed by atoms with van der Waals surface area (Å²) in [5.74, 6) is 0. The number of para-hydroxylation sites is 1. The van der Waals surface area contributed by atoms with Crippen LogP contribution in [0.15, 0.2) is 54.7 Å². The first-order valence-electron chi connectivity index (χ1n) is 7.13. The molecule has 0 fully saturated rings. The van der Waals surface area contributed by atoms with E-state index in [1.165, 1.54) is 5.56 Å². The maximum atomic E-state index is 6.49. The molecule has 0 aliphatic heterocycles. The van der Waals surface area contributed by atoms with E-state index in [2.05, 4.69) is 47.6 Å². The summed E-state index contributed by atoms with van der Waals surface area (Å²) in [6.45, 7) is 3.88. The fourth-order valence-electron chi connectivity index (χ4n) is 2.48. The monoisotopic (exact) mass is 296 g/mol. The van der Waals surface area contributed by atoms with Gasteiger partial charge in [-0.15, -0.1) is 0 Å². The summed E-state index contributed by atoms with van der Waals surface area (Å²) in [6, 6.07) is 16.4. The molecule has 21 heavy (non-hydrogen) atoms. The van der Waals surface area contributed by atoms with Crippen LogP contribution >= 0.6 is 11.6 Å². The lowest BCUT2D eigenvalue weighted by Crippen LogP contribution is -2.11. The van der Waals surface area contributed by atoms with Gasteiger partial charge < -0.3 is 5.32 Å². The van der Waals surface area contributed by atoms with Crippen LogP contribution in [-0.2, 0) is 6.54 Å². The van der Waals surface area contributed by atoms with Crippen LogP contribution in [0.2, 0.25) is 5.02 Å². The Hall–Kier alpha value is -1.90. The zero-order valence-electron chi connectivity index (χ0n) is 11.9. The van der Waals surface area contributed by atoms with Gasteiger partial charge in [0.1, 0.15) is 0 Å². The van der Waals surface area contributed by atoms with Crippen LogP contribution in [-0.4, -0.2) is 11.5 Å². The first-order valence-corrected chi connectivity index (χ1v) is 7.50. The first-order chi connectivity index (χ1) is 10.3. The molecule has 1 aromatic heterocycles. The van der Waals surface area contributed by atoms with E-state index < -0.39 is 0 Å². The van der Waals surface area contributed by atoms with Crippen molar-refractivity contribution in [3.05, 3.63) is 65.3 Å². The van der Waals surface area contributed by atoms with Crippen molar-refractivity contribution in [1.29, 1.82) is 0 Å². The van der Waals surface area contributed by atoms with E-state index in [1.54, 1.807) is 0 Å². The summed E-state index contributed by atoms with van der Waals surface area (Å²) < 4.78 is 0. The van der Waals surface area contributed by atoms with Crippen LogP contribution in [0, 0.1) is 0 Å². The predicted octanol–water partition coefficient (Wildman–Crippen LogP) is 4.66. The van der Waals surface area contributed by atoms with Gasteiger partial charge in [0.25, 0.3) is 0 Å². The van der Waals surface area contributed by atoms with Crippen LogP contribution in [0.1, 0.15) is 12.5 Å². The number of pyridine rings is 1. The average molecular weight is 297 g/mol. The molecule has 1 heterocycles. The van der Waals surface area contributed by atoms with E-state index in [4.69, 9.17) is 11.6 Å². The lowest BCUT2D eigenvalue weighted by molar-refractivity contribution is 0.727. The van der Waals surface area contributed by atoms with Gasteiger partial charge in [0.2, 0.25) is 0 Å². The van der Waals surface area contributed by atoms with Gasteiger partial charge in [-0.1, -0.05) is 54.9 Å². The summed E-state index contributed by atoms with van der Waals surface area (Å²) in [5.41, 5.74) is 4.29. The first kappa shape index (κ1) is 14.1. The molecule has 1 N–H and O–H groups in total. The highest BCUT2D eigenvalue weighted by Crippen LogP contribution is 2.33. The van der Waals surface area contributed by atoms with Gasteiger partial charge in [-0.3, -0.25) is 4.98 Å². The number of fused-ring (bicyclic) bond motifs is 1. The highest BCUT2D eigenvalue weighted by molar-refractivity contribution is 6.33. The Kier molecular flexibility index (Phi) is 4.18. The van der Waals surface area contributed by atoms with Crippen molar-refractivity contribution in [2.24, 2.45) is 0 Å². The van der Waals surface area contributed by atoms with Gasteiger partial charge in [-0.05, 0) is 24.2 Å². The molecule has 0 bridgehead atoms. The largest absolute Gasteiger partial charge is 0.313 e. The van der Waals surface area contributed by atoms with Gasteiger partial charge in [0.15, 0.2) is 0 Å². The molecule has 0 saturated heterocycles. The molecular weight excluding hydrogens is 280 g/mol. The van der Waals surface area contributed by atoms with E-state index in [1.807, 2.05) is 24.4 Å². The Labute approximate surface area is 129 Å². The molecule has 0 unspecified atom stereocenters. The van der Waals surface area contributed by atoms with E-state index in [9.17, 15) is 0 Å². The summed E-state index contributed by atoms with van der Waals surface area (Å²) in [4.78, 5) is 4.50. The van der Waals surface area contributed by atoms with Crippen molar-refractivity contribution in [2.45, 2.75) is 13.5 Å². The van der Waals surface area contributed by atoms with Gasteiger partial charge in [0.05, 0.1) is 5.52 Å². The highest BCUT2D eigenvalue weighted by atomic mass is 35.5. The predicted molar refractivity (Wildman–Crippen MR) is 89.6 cm³/mol. The maximum Gasteiger partial charge on any atom is 0.0780 e. The minimum atomic E-state index is 0.767. The second-order valence-electron chi connectivity index (χ2n) is 4.98. The van der Waals surface area contributed by atoms with Crippen LogP contribution in [0.4, 0.5) is 0 Å². The standard InChI is InChI=1S/C18H17ClN2/c1-2-20-12-13-8-9-15(17(19)11-13)16-7-3-5-14-6-4-10-21-18(14)16/h3-11,20H,2,12H2,1H3. The number of hydrogen-bond donors (Lipinski definition) is 1. The van der Waals surface area contributed by atoms with Crippen molar-refractivity contribution in [3.63, 3.8) is 0 Å². The third-order valence-electron chi connectivity index (χ3n) is 3.54. The third-order valence-corrected chi connectivity index (χ3v) is 3.85. The molecule has 0 radical (unpaired) electrons. The summed E-state index contributed by atoms with van der Waals surface area (Å²) in [7, 11) is 0. The van der Waals surface area contributed by atoms with Crippen molar-refractivity contribution < 1.29 is 0 Å². The van der Waals surface area contributed by atoms with E-state index in [-0.39, 0.29) is 0 Å². The van der Waals surface area contributed by atoms with E-state index in [0.29, 0.717) is 0 Å². The molecule has 0 aliphatic rings. The number of benzene rings is 2. The van der Waals surface area contributed by atoms with Gasteiger partial charge in [-0.25, -0.2) is 0 Å². The second-order valence-corrected chi connectivity index (χ2v) is 5.38. The zero-order chi connectivity index (χ0) is 14.7. The molecule has 3 heteroatoms. The average Bonchev–Trinajstić information content (AvgIpc) is 2.53. The zero-order valence-corrected chi connectivity index (χ0v) is 12.7. The molecule has 2 nitrogen and oxygen atoms in total. The van der Waals surface area contributed by atoms with E-state index >= 15 is 0 Å². The Morgan fingerprint density at radius 3 is 2.71 bits per heavy atom. The molecule has 0 saturated carbocycles. The molecule has 3 rings (SSSR count). The van der Waals surface area contributed by atoms with Crippen LogP contribution in [0.25, 0.3) is 22.0 Å². The van der Waals surface area contributed by atoms with Crippen LogP contribution < -0.4 is 5.32 Å². The molecular formula is C18H17ClN2. The smallest absolute Gasteiger partial charge is 0.0780 e. The normalized spacial score (nSPS) is 11.0. The number of halogens is 1. The molecule has 0 atom stereocenters. The van der Waals surface area contributed by atoms with Crippen molar-refractivity contribution in [1.82, 2.24) is 10.3 Å². The minimum Gasteiger partial charge on any atom is -0.313 e. The number of nitrogens with zero attached hydrogens (tertiary/aromatic N) is 1. The molecule has 0 aliphatic carbocycles. The van der Waals surface area contributed by atoms with E-state index in [0.717, 1.165) is 40.1 Å². The fraction of sp³-hybridized carbons (Fsp3) is 0.167. The van der Waals surface area contributed by atoms with Gasteiger partial charge in [0, 0.05) is 34.3 Å². The van der Waals surface area contributed by atoms with Crippen LogP contribution in [0.3, 0.4) is 0 Å². The summed E-state index contributed by atoms with van der Waals surface area (Å²) >= 11 is 6.49. The second kappa shape index (κ2) is 6.25. The lowest BCUT2D eigenvalue weighted by atomic mass is 10.0.